The van der Waals surface area contributed by atoms with E-state index in [0.717, 1.165) is 5.57 Å². The average Bonchev–Trinajstić information content (AvgIpc) is 1.98. The van der Waals surface area contributed by atoms with E-state index in [1.165, 1.54) is 0 Å². The van der Waals surface area contributed by atoms with Crippen LogP contribution >= 0.6 is 0 Å². The number of hydrogen-bond acceptors (Lipinski definition) is 2. The first-order valence-electron chi connectivity index (χ1n) is 3.10. The third kappa shape index (κ3) is 4.06. The van der Waals surface area contributed by atoms with Crippen LogP contribution in [0, 0.1) is 0 Å². The van der Waals surface area contributed by atoms with Crippen molar-refractivity contribution in [3.63, 3.8) is 0 Å². The van der Waals surface area contributed by atoms with Crippen LogP contribution < -0.4 is 5.32 Å². The minimum Gasteiger partial charge on any atom is -0.381 e. The van der Waals surface area contributed by atoms with Gasteiger partial charge in [-0.05, 0) is 5.57 Å². The second-order valence-corrected chi connectivity index (χ2v) is 1.77. The molecular weight excluding hydrogens is 126 g/mol. The molecule has 0 rings (SSSR count). The Morgan fingerprint density at radius 2 is 2.20 bits per heavy atom. The fourth-order valence-electron chi connectivity index (χ4n) is 0.551. The summed E-state index contributed by atoms with van der Waals surface area (Å²) in [5.74, 6) is 0. The van der Waals surface area contributed by atoms with E-state index in [0.29, 0.717) is 6.54 Å². The number of aliphatic hydroxyl groups is 1. The quantitative estimate of drug-likeness (QED) is 0.436. The summed E-state index contributed by atoms with van der Waals surface area (Å²) in [6, 6.07) is 0. The van der Waals surface area contributed by atoms with Crippen molar-refractivity contribution in [1.29, 1.82) is 0 Å². The molecule has 0 fully saturated rings. The first-order chi connectivity index (χ1) is 4.85. The lowest BCUT2D eigenvalue weighted by molar-refractivity contribution is 0.266. The van der Waals surface area contributed by atoms with Crippen LogP contribution in [0.2, 0.25) is 0 Å². The van der Waals surface area contributed by atoms with Gasteiger partial charge in [-0.15, -0.1) is 0 Å². The number of nitrogens with one attached hydrogen (secondary N) is 1. The van der Waals surface area contributed by atoms with E-state index in [-0.39, 0.29) is 6.73 Å². The lowest BCUT2D eigenvalue weighted by Crippen LogP contribution is -2.16. The van der Waals surface area contributed by atoms with E-state index < -0.39 is 0 Å². The molecule has 0 aliphatic heterocycles. The van der Waals surface area contributed by atoms with E-state index in [1.54, 1.807) is 12.2 Å². The maximum Gasteiger partial charge on any atom is 0.0934 e. The lowest BCUT2D eigenvalue weighted by Gasteiger charge is -1.99. The van der Waals surface area contributed by atoms with E-state index in [9.17, 15) is 0 Å². The van der Waals surface area contributed by atoms with Crippen molar-refractivity contribution in [2.75, 3.05) is 13.3 Å². The topological polar surface area (TPSA) is 32.3 Å². The Morgan fingerprint density at radius 3 is 2.60 bits per heavy atom. The van der Waals surface area contributed by atoms with Crippen molar-refractivity contribution in [1.82, 2.24) is 5.32 Å². The number of aliphatic hydroxyl groups excluding tert-OH is 1. The van der Waals surface area contributed by atoms with E-state index in [1.807, 2.05) is 6.08 Å². The zero-order chi connectivity index (χ0) is 7.82. The summed E-state index contributed by atoms with van der Waals surface area (Å²) in [6.07, 6.45) is 5.26. The van der Waals surface area contributed by atoms with Crippen LogP contribution in [0.15, 0.2) is 37.0 Å². The fourth-order valence-corrected chi connectivity index (χ4v) is 0.551. The van der Waals surface area contributed by atoms with E-state index >= 15 is 0 Å². The molecular formula is C8H13NO. The fraction of sp³-hybridized carbons (Fsp3) is 0.250. The lowest BCUT2D eigenvalue weighted by atomic mass is 10.2. The third-order valence-corrected chi connectivity index (χ3v) is 1.04. The third-order valence-electron chi connectivity index (χ3n) is 1.04. The molecule has 0 radical (unpaired) electrons. The molecule has 0 unspecified atom stereocenters. The van der Waals surface area contributed by atoms with Crippen molar-refractivity contribution in [2.45, 2.75) is 0 Å². The standard InChI is InChI=1S/C8H13NO/c1-3-5-8(4-2)6-9-7-10/h3-5,9-10H,1-2,6-7H2/b8-5+. The monoisotopic (exact) mass is 139 g/mol. The molecule has 2 N–H and O–H groups in total. The van der Waals surface area contributed by atoms with Gasteiger partial charge in [0.25, 0.3) is 0 Å². The van der Waals surface area contributed by atoms with Crippen LogP contribution in [0.3, 0.4) is 0 Å². The Morgan fingerprint density at radius 1 is 1.50 bits per heavy atom. The second-order valence-electron chi connectivity index (χ2n) is 1.77. The molecule has 56 valence electrons. The zero-order valence-electron chi connectivity index (χ0n) is 6.01. The molecule has 0 aromatic heterocycles. The Labute approximate surface area is 61.6 Å². The van der Waals surface area contributed by atoms with Crippen LogP contribution in [-0.4, -0.2) is 18.4 Å². The van der Waals surface area contributed by atoms with Gasteiger partial charge >= 0.3 is 0 Å². The highest BCUT2D eigenvalue weighted by atomic mass is 16.3. The highest BCUT2D eigenvalue weighted by Gasteiger charge is 1.86. The molecule has 10 heavy (non-hydrogen) atoms. The largest absolute Gasteiger partial charge is 0.381 e. The Kier molecular flexibility index (Phi) is 5.72. The molecule has 2 nitrogen and oxygen atoms in total. The van der Waals surface area contributed by atoms with Crippen LogP contribution in [0.1, 0.15) is 0 Å². The highest BCUT2D eigenvalue weighted by molar-refractivity contribution is 5.22. The van der Waals surface area contributed by atoms with Crippen molar-refractivity contribution in [3.05, 3.63) is 37.0 Å². The SMILES string of the molecule is C=C/C=C(\C=C)CNCO. The van der Waals surface area contributed by atoms with Gasteiger partial charge in [-0.25, -0.2) is 0 Å². The zero-order valence-corrected chi connectivity index (χ0v) is 6.01. The minimum absolute atomic E-state index is 0.0116. The second kappa shape index (κ2) is 6.26. The summed E-state index contributed by atoms with van der Waals surface area (Å²) in [4.78, 5) is 0. The summed E-state index contributed by atoms with van der Waals surface area (Å²) in [6.45, 7) is 7.76. The molecule has 0 aliphatic carbocycles. The average molecular weight is 139 g/mol. The first kappa shape index (κ1) is 9.14. The maximum atomic E-state index is 8.38. The van der Waals surface area contributed by atoms with Crippen molar-refractivity contribution in [3.8, 4) is 0 Å². The number of rotatable bonds is 5. The van der Waals surface area contributed by atoms with Crippen LogP contribution in [-0.2, 0) is 0 Å². The van der Waals surface area contributed by atoms with Gasteiger partial charge in [0.05, 0.1) is 6.73 Å². The molecule has 2 heteroatoms. The predicted molar refractivity (Wildman–Crippen MR) is 43.6 cm³/mol. The smallest absolute Gasteiger partial charge is 0.0934 e. The van der Waals surface area contributed by atoms with Crippen molar-refractivity contribution >= 4 is 0 Å². The first-order valence-corrected chi connectivity index (χ1v) is 3.10. The molecule has 0 atom stereocenters. The van der Waals surface area contributed by atoms with E-state index in [4.69, 9.17) is 5.11 Å². The summed E-state index contributed by atoms with van der Waals surface area (Å²) in [7, 11) is 0. The van der Waals surface area contributed by atoms with Crippen molar-refractivity contribution in [2.24, 2.45) is 0 Å². The number of hydrogen-bond donors (Lipinski definition) is 2. The van der Waals surface area contributed by atoms with Gasteiger partial charge in [0.2, 0.25) is 0 Å². The summed E-state index contributed by atoms with van der Waals surface area (Å²) < 4.78 is 0. The molecule has 0 aliphatic rings. The Bertz CT molecular complexity index is 138. The van der Waals surface area contributed by atoms with Crippen LogP contribution in [0.5, 0.6) is 0 Å². The highest BCUT2D eigenvalue weighted by Crippen LogP contribution is 1.92. The van der Waals surface area contributed by atoms with Crippen molar-refractivity contribution < 1.29 is 5.11 Å². The van der Waals surface area contributed by atoms with Gasteiger partial charge in [0, 0.05) is 6.54 Å². The normalized spacial score (nSPS) is 11.1. The molecule has 0 bridgehead atoms. The van der Waals surface area contributed by atoms with Gasteiger partial charge in [0.15, 0.2) is 0 Å². The molecule has 0 heterocycles. The molecule has 0 saturated heterocycles. The Hall–Kier alpha value is -0.860. The maximum absolute atomic E-state index is 8.38. The van der Waals surface area contributed by atoms with Gasteiger partial charge < -0.3 is 5.11 Å². The summed E-state index contributed by atoms with van der Waals surface area (Å²) >= 11 is 0. The molecule has 0 spiro atoms. The molecule has 0 aromatic rings. The van der Waals surface area contributed by atoms with Crippen LogP contribution in [0.4, 0.5) is 0 Å². The predicted octanol–water partition coefficient (Wildman–Crippen LogP) is 0.824. The number of allylic oxidation sites excluding steroid dienone is 2. The van der Waals surface area contributed by atoms with E-state index in [2.05, 4.69) is 18.5 Å². The van der Waals surface area contributed by atoms with Gasteiger partial charge in [0.1, 0.15) is 0 Å². The summed E-state index contributed by atoms with van der Waals surface area (Å²) in [5, 5.41) is 11.1. The van der Waals surface area contributed by atoms with Gasteiger partial charge in [-0.3, -0.25) is 5.32 Å². The summed E-state index contributed by atoms with van der Waals surface area (Å²) in [5.41, 5.74) is 1.02. The van der Waals surface area contributed by atoms with Gasteiger partial charge in [-0.1, -0.05) is 31.4 Å². The molecule has 0 saturated carbocycles. The molecule has 0 aromatic carbocycles. The minimum atomic E-state index is -0.0116. The Balaban J connectivity index is 3.70. The molecule has 0 amide bonds. The van der Waals surface area contributed by atoms with Crippen LogP contribution in [0.25, 0.3) is 0 Å². The van der Waals surface area contributed by atoms with Gasteiger partial charge in [-0.2, -0.15) is 0 Å².